The van der Waals surface area contributed by atoms with Gasteiger partial charge >= 0.3 is 0 Å². The van der Waals surface area contributed by atoms with Gasteiger partial charge in [0.15, 0.2) is 16.6 Å². The molecular formula is C18H21F2N5OS. The summed E-state index contributed by atoms with van der Waals surface area (Å²) in [5.74, 6) is -1.71. The molecule has 3 aromatic rings. The van der Waals surface area contributed by atoms with Gasteiger partial charge in [0.2, 0.25) is 0 Å². The van der Waals surface area contributed by atoms with Gasteiger partial charge < -0.3 is 4.90 Å². The van der Waals surface area contributed by atoms with Crippen LogP contribution in [0.4, 0.5) is 13.9 Å². The molecule has 27 heavy (non-hydrogen) atoms. The Morgan fingerprint density at radius 2 is 1.96 bits per heavy atom. The SMILES string of the molecule is Cc1cc(C(=O)N(CCCN(C)C)c2nc3c(F)cc(F)cc3s2)nn1C. The van der Waals surface area contributed by atoms with E-state index in [-0.39, 0.29) is 11.4 Å². The first-order valence-corrected chi connectivity index (χ1v) is 9.30. The maximum Gasteiger partial charge on any atom is 0.280 e. The van der Waals surface area contributed by atoms with Crippen molar-refractivity contribution in [3.63, 3.8) is 0 Å². The molecule has 0 N–H and O–H groups in total. The lowest BCUT2D eigenvalue weighted by atomic mass is 10.3. The Kier molecular flexibility index (Phi) is 5.52. The predicted molar refractivity (Wildman–Crippen MR) is 102 cm³/mol. The van der Waals surface area contributed by atoms with E-state index in [4.69, 9.17) is 0 Å². The molecule has 144 valence electrons. The standard InChI is InChI=1S/C18H21F2N5OS/c1-11-8-14(22-24(11)4)17(26)25(7-5-6-23(2)3)18-21-16-13(20)9-12(19)10-15(16)27-18/h8-10H,5-7H2,1-4H3. The van der Waals surface area contributed by atoms with Crippen molar-refractivity contribution in [1.82, 2.24) is 19.7 Å². The number of anilines is 1. The van der Waals surface area contributed by atoms with Crippen LogP contribution in [0.15, 0.2) is 18.2 Å². The number of nitrogens with zero attached hydrogens (tertiary/aromatic N) is 5. The Bertz CT molecular complexity index is 962. The second kappa shape index (κ2) is 7.69. The highest BCUT2D eigenvalue weighted by molar-refractivity contribution is 7.22. The van der Waals surface area contributed by atoms with Gasteiger partial charge in [-0.25, -0.2) is 13.8 Å². The van der Waals surface area contributed by atoms with Crippen molar-refractivity contribution in [1.29, 1.82) is 0 Å². The van der Waals surface area contributed by atoms with Crippen LogP contribution >= 0.6 is 11.3 Å². The Labute approximate surface area is 160 Å². The zero-order valence-corrected chi connectivity index (χ0v) is 16.5. The average Bonchev–Trinajstić information content (AvgIpc) is 3.14. The van der Waals surface area contributed by atoms with Gasteiger partial charge in [0.1, 0.15) is 11.3 Å². The van der Waals surface area contributed by atoms with Crippen molar-refractivity contribution < 1.29 is 13.6 Å². The molecule has 2 heterocycles. The second-order valence-electron chi connectivity index (χ2n) is 6.64. The van der Waals surface area contributed by atoms with E-state index in [1.807, 2.05) is 25.9 Å². The minimum atomic E-state index is -0.734. The van der Waals surface area contributed by atoms with Gasteiger partial charge in [-0.3, -0.25) is 14.4 Å². The monoisotopic (exact) mass is 393 g/mol. The molecule has 2 aromatic heterocycles. The molecule has 6 nitrogen and oxygen atoms in total. The zero-order valence-electron chi connectivity index (χ0n) is 15.7. The Morgan fingerprint density at radius 3 is 2.59 bits per heavy atom. The molecule has 0 radical (unpaired) electrons. The molecule has 0 aliphatic rings. The molecule has 0 spiro atoms. The third kappa shape index (κ3) is 4.14. The summed E-state index contributed by atoms with van der Waals surface area (Å²) in [6.45, 7) is 3.03. The first-order valence-electron chi connectivity index (χ1n) is 8.49. The van der Waals surface area contributed by atoms with Crippen LogP contribution in [0.1, 0.15) is 22.6 Å². The van der Waals surface area contributed by atoms with E-state index < -0.39 is 11.6 Å². The summed E-state index contributed by atoms with van der Waals surface area (Å²) in [7, 11) is 5.66. The Morgan fingerprint density at radius 1 is 1.22 bits per heavy atom. The maximum atomic E-state index is 14.0. The number of halogens is 2. The van der Waals surface area contributed by atoms with E-state index in [2.05, 4.69) is 10.1 Å². The van der Waals surface area contributed by atoms with E-state index in [1.54, 1.807) is 17.8 Å². The molecule has 0 unspecified atom stereocenters. The molecular weight excluding hydrogens is 372 g/mol. The summed E-state index contributed by atoms with van der Waals surface area (Å²) in [6, 6.07) is 3.73. The van der Waals surface area contributed by atoms with Gasteiger partial charge in [-0.1, -0.05) is 11.3 Å². The van der Waals surface area contributed by atoms with Crippen molar-refractivity contribution in [2.45, 2.75) is 13.3 Å². The second-order valence-corrected chi connectivity index (χ2v) is 7.65. The van der Waals surface area contributed by atoms with Crippen molar-refractivity contribution >= 4 is 32.6 Å². The highest BCUT2D eigenvalue weighted by atomic mass is 32.1. The number of hydrogen-bond donors (Lipinski definition) is 0. The average molecular weight is 393 g/mol. The maximum absolute atomic E-state index is 14.0. The number of hydrogen-bond acceptors (Lipinski definition) is 5. The van der Waals surface area contributed by atoms with Crippen LogP contribution in [0.2, 0.25) is 0 Å². The summed E-state index contributed by atoms with van der Waals surface area (Å²) < 4.78 is 29.5. The Balaban J connectivity index is 1.98. The van der Waals surface area contributed by atoms with E-state index in [1.165, 1.54) is 11.0 Å². The van der Waals surface area contributed by atoms with Crippen LogP contribution in [-0.4, -0.2) is 52.8 Å². The van der Waals surface area contributed by atoms with E-state index in [0.717, 1.165) is 29.6 Å². The van der Waals surface area contributed by atoms with Crippen molar-refractivity contribution in [3.8, 4) is 0 Å². The quantitative estimate of drug-likeness (QED) is 0.645. The number of carbonyl (C=O) groups is 1. The van der Waals surface area contributed by atoms with E-state index in [0.29, 0.717) is 28.5 Å². The van der Waals surface area contributed by atoms with Crippen LogP contribution in [-0.2, 0) is 7.05 Å². The normalized spacial score (nSPS) is 11.5. The molecule has 1 amide bonds. The third-order valence-electron chi connectivity index (χ3n) is 4.20. The highest BCUT2D eigenvalue weighted by Gasteiger charge is 2.24. The summed E-state index contributed by atoms with van der Waals surface area (Å²) in [5.41, 5.74) is 1.22. The lowest BCUT2D eigenvalue weighted by Crippen LogP contribution is -2.33. The molecule has 0 aliphatic carbocycles. The lowest BCUT2D eigenvalue weighted by Gasteiger charge is -2.20. The summed E-state index contributed by atoms with van der Waals surface area (Å²) >= 11 is 1.09. The van der Waals surface area contributed by atoms with E-state index >= 15 is 0 Å². The van der Waals surface area contributed by atoms with Crippen LogP contribution in [0.25, 0.3) is 10.2 Å². The first-order chi connectivity index (χ1) is 12.8. The number of carbonyl (C=O) groups excluding carboxylic acids is 1. The summed E-state index contributed by atoms with van der Waals surface area (Å²) in [6.07, 6.45) is 0.706. The number of benzene rings is 1. The minimum absolute atomic E-state index is 0.0685. The molecule has 0 aliphatic heterocycles. The van der Waals surface area contributed by atoms with Crippen LogP contribution < -0.4 is 4.90 Å². The Hall–Kier alpha value is -2.39. The number of thiazole rings is 1. The molecule has 9 heteroatoms. The van der Waals surface area contributed by atoms with Gasteiger partial charge in [0.05, 0.1) is 4.70 Å². The number of aromatic nitrogens is 3. The van der Waals surface area contributed by atoms with Crippen molar-refractivity contribution in [3.05, 3.63) is 41.2 Å². The van der Waals surface area contributed by atoms with Gasteiger partial charge in [-0.05, 0) is 46.1 Å². The first kappa shape index (κ1) is 19.4. The predicted octanol–water partition coefficient (Wildman–Crippen LogP) is 3.21. The molecule has 0 saturated heterocycles. The topological polar surface area (TPSA) is 54.3 Å². The van der Waals surface area contributed by atoms with Crippen LogP contribution in [0.5, 0.6) is 0 Å². The zero-order chi connectivity index (χ0) is 19.7. The van der Waals surface area contributed by atoms with Crippen LogP contribution in [0, 0.1) is 18.6 Å². The fourth-order valence-corrected chi connectivity index (χ4v) is 3.72. The van der Waals surface area contributed by atoms with Crippen molar-refractivity contribution in [2.24, 2.45) is 7.05 Å². The summed E-state index contributed by atoms with van der Waals surface area (Å²) in [5, 5.41) is 4.58. The molecule has 0 fully saturated rings. The van der Waals surface area contributed by atoms with Crippen molar-refractivity contribution in [2.75, 3.05) is 32.1 Å². The third-order valence-corrected chi connectivity index (χ3v) is 5.22. The molecule has 0 saturated carbocycles. The van der Waals surface area contributed by atoms with Gasteiger partial charge in [-0.15, -0.1) is 0 Å². The molecule has 1 aromatic carbocycles. The van der Waals surface area contributed by atoms with Gasteiger partial charge in [-0.2, -0.15) is 5.10 Å². The molecule has 3 rings (SSSR count). The summed E-state index contributed by atoms with van der Waals surface area (Å²) in [4.78, 5) is 20.8. The number of rotatable bonds is 6. The fraction of sp³-hybridized carbons (Fsp3) is 0.389. The van der Waals surface area contributed by atoms with Gasteiger partial charge in [0, 0.05) is 25.4 Å². The smallest absolute Gasteiger partial charge is 0.280 e. The van der Waals surface area contributed by atoms with E-state index in [9.17, 15) is 13.6 Å². The largest absolute Gasteiger partial charge is 0.309 e. The fourth-order valence-electron chi connectivity index (χ4n) is 2.69. The van der Waals surface area contributed by atoms with Gasteiger partial charge in [0.25, 0.3) is 5.91 Å². The molecule has 0 atom stereocenters. The highest BCUT2D eigenvalue weighted by Crippen LogP contribution is 2.32. The number of aryl methyl sites for hydroxylation is 2. The minimum Gasteiger partial charge on any atom is -0.309 e. The lowest BCUT2D eigenvalue weighted by molar-refractivity contribution is 0.0980. The number of amides is 1. The van der Waals surface area contributed by atoms with Crippen LogP contribution in [0.3, 0.4) is 0 Å². The molecule has 0 bridgehead atoms. The number of fused-ring (bicyclic) bond motifs is 1.